The first kappa shape index (κ1) is 11.7. The van der Waals surface area contributed by atoms with Crippen molar-refractivity contribution in [3.8, 4) is 0 Å². The first-order valence-corrected chi connectivity index (χ1v) is 7.64. The lowest BCUT2D eigenvalue weighted by molar-refractivity contribution is 0.393. The van der Waals surface area contributed by atoms with E-state index < -0.39 is 0 Å². The first-order valence-electron chi connectivity index (χ1n) is 6.82. The van der Waals surface area contributed by atoms with E-state index >= 15 is 0 Å². The van der Waals surface area contributed by atoms with Gasteiger partial charge in [0.15, 0.2) is 0 Å². The molecule has 0 amide bonds. The Balaban J connectivity index is 1.45. The van der Waals surface area contributed by atoms with Crippen molar-refractivity contribution in [2.75, 3.05) is 13.1 Å². The molecular formula is C14H22N2S. The number of rotatable bonds is 4. The molecule has 1 saturated heterocycles. The predicted molar refractivity (Wildman–Crippen MR) is 73.4 cm³/mol. The quantitative estimate of drug-likeness (QED) is 0.858. The summed E-state index contributed by atoms with van der Waals surface area (Å²) in [7, 11) is 0. The lowest BCUT2D eigenvalue weighted by Gasteiger charge is -2.18. The molecule has 1 aliphatic heterocycles. The summed E-state index contributed by atoms with van der Waals surface area (Å²) in [6.07, 6.45) is 4.36. The molecule has 0 bridgehead atoms. The van der Waals surface area contributed by atoms with Crippen molar-refractivity contribution >= 4 is 11.3 Å². The van der Waals surface area contributed by atoms with Gasteiger partial charge in [0.05, 0.1) is 0 Å². The summed E-state index contributed by atoms with van der Waals surface area (Å²) >= 11 is 1.91. The summed E-state index contributed by atoms with van der Waals surface area (Å²) in [6, 6.07) is 5.18. The molecule has 3 unspecified atom stereocenters. The molecule has 3 atom stereocenters. The van der Waals surface area contributed by atoms with Crippen LogP contribution in [0.25, 0.3) is 0 Å². The third kappa shape index (κ3) is 2.56. The zero-order valence-electron chi connectivity index (χ0n) is 10.5. The number of fused-ring (bicyclic) bond motifs is 1. The maximum Gasteiger partial charge on any atom is 0.0300 e. The molecule has 2 N–H and O–H groups in total. The molecule has 2 fully saturated rings. The Labute approximate surface area is 108 Å². The number of hydrogen-bond donors (Lipinski definition) is 2. The molecule has 17 heavy (non-hydrogen) atoms. The van der Waals surface area contributed by atoms with Crippen LogP contribution in [0.5, 0.6) is 0 Å². The van der Waals surface area contributed by atoms with Gasteiger partial charge in [-0.1, -0.05) is 6.42 Å². The van der Waals surface area contributed by atoms with Crippen LogP contribution in [-0.4, -0.2) is 19.1 Å². The van der Waals surface area contributed by atoms with Crippen molar-refractivity contribution < 1.29 is 0 Å². The van der Waals surface area contributed by atoms with Gasteiger partial charge in [0.2, 0.25) is 0 Å². The average molecular weight is 250 g/mol. The molecule has 1 saturated carbocycles. The summed E-state index contributed by atoms with van der Waals surface area (Å²) in [4.78, 5) is 2.88. The molecule has 2 aliphatic rings. The monoisotopic (exact) mass is 250 g/mol. The molecule has 3 heteroatoms. The van der Waals surface area contributed by atoms with E-state index in [1.165, 1.54) is 35.6 Å². The Bertz CT molecular complexity index is 374. The van der Waals surface area contributed by atoms with E-state index in [4.69, 9.17) is 0 Å². The molecule has 0 spiro atoms. The van der Waals surface area contributed by atoms with E-state index in [-0.39, 0.29) is 0 Å². The highest BCUT2D eigenvalue weighted by atomic mass is 32.1. The topological polar surface area (TPSA) is 24.1 Å². The zero-order valence-corrected chi connectivity index (χ0v) is 11.4. The van der Waals surface area contributed by atoms with Gasteiger partial charge >= 0.3 is 0 Å². The molecule has 1 aliphatic carbocycles. The Hall–Kier alpha value is -0.380. The second-order valence-electron chi connectivity index (χ2n) is 5.51. The fourth-order valence-corrected chi connectivity index (χ4v) is 4.32. The fraction of sp³-hybridized carbons (Fsp3) is 0.714. The van der Waals surface area contributed by atoms with Gasteiger partial charge in [-0.2, -0.15) is 0 Å². The molecule has 2 nitrogen and oxygen atoms in total. The van der Waals surface area contributed by atoms with Gasteiger partial charge in [-0.3, -0.25) is 0 Å². The van der Waals surface area contributed by atoms with Gasteiger partial charge in [-0.15, -0.1) is 11.3 Å². The van der Waals surface area contributed by atoms with Crippen LogP contribution in [0.1, 0.15) is 29.0 Å². The Morgan fingerprint density at radius 2 is 2.35 bits per heavy atom. The SMILES string of the molecule is Cc1ccc(CNCC2NCC3CCCC32)s1. The zero-order chi connectivity index (χ0) is 11.7. The van der Waals surface area contributed by atoms with Gasteiger partial charge in [0.1, 0.15) is 0 Å². The standard InChI is InChI=1S/C14H22N2S/c1-10-5-6-12(17-10)8-15-9-14-13-4-2-3-11(13)7-16-14/h5-6,11,13-16H,2-4,7-9H2,1H3. The Kier molecular flexibility index (Phi) is 3.50. The summed E-state index contributed by atoms with van der Waals surface area (Å²) in [5, 5.41) is 7.31. The molecule has 1 aromatic heterocycles. The average Bonchev–Trinajstić information content (AvgIpc) is 2.97. The molecule has 3 rings (SSSR count). The Morgan fingerprint density at radius 1 is 1.41 bits per heavy atom. The van der Waals surface area contributed by atoms with Crippen molar-refractivity contribution in [2.45, 2.75) is 38.8 Å². The lowest BCUT2D eigenvalue weighted by atomic mass is 9.94. The third-order valence-corrected chi connectivity index (χ3v) is 5.34. The van der Waals surface area contributed by atoms with Crippen LogP contribution in [0.15, 0.2) is 12.1 Å². The molecular weight excluding hydrogens is 228 g/mol. The van der Waals surface area contributed by atoms with Crippen LogP contribution in [0.2, 0.25) is 0 Å². The van der Waals surface area contributed by atoms with Crippen molar-refractivity contribution in [1.82, 2.24) is 10.6 Å². The maximum atomic E-state index is 3.69. The minimum atomic E-state index is 0.726. The van der Waals surface area contributed by atoms with Crippen molar-refractivity contribution in [1.29, 1.82) is 0 Å². The van der Waals surface area contributed by atoms with Crippen LogP contribution in [0.3, 0.4) is 0 Å². The summed E-state index contributed by atoms with van der Waals surface area (Å²) in [6.45, 7) is 5.61. The summed E-state index contributed by atoms with van der Waals surface area (Å²) in [5.74, 6) is 1.93. The third-order valence-electron chi connectivity index (χ3n) is 4.34. The van der Waals surface area contributed by atoms with Crippen LogP contribution >= 0.6 is 11.3 Å². The number of nitrogens with one attached hydrogen (secondary N) is 2. The van der Waals surface area contributed by atoms with E-state index in [2.05, 4.69) is 29.7 Å². The van der Waals surface area contributed by atoms with Gasteiger partial charge in [0, 0.05) is 28.9 Å². The van der Waals surface area contributed by atoms with Gasteiger partial charge in [-0.25, -0.2) is 0 Å². The van der Waals surface area contributed by atoms with Crippen LogP contribution in [0, 0.1) is 18.8 Å². The minimum absolute atomic E-state index is 0.726. The number of aryl methyl sites for hydroxylation is 1. The largest absolute Gasteiger partial charge is 0.312 e. The van der Waals surface area contributed by atoms with E-state index in [1.54, 1.807) is 0 Å². The first-order chi connectivity index (χ1) is 8.33. The van der Waals surface area contributed by atoms with E-state index in [0.29, 0.717) is 0 Å². The maximum absolute atomic E-state index is 3.69. The normalized spacial score (nSPS) is 31.9. The van der Waals surface area contributed by atoms with E-state index in [9.17, 15) is 0 Å². The molecule has 0 aromatic carbocycles. The lowest BCUT2D eigenvalue weighted by Crippen LogP contribution is -2.37. The highest BCUT2D eigenvalue weighted by Gasteiger charge is 2.38. The predicted octanol–water partition coefficient (Wildman–Crippen LogP) is 2.53. The van der Waals surface area contributed by atoms with Gasteiger partial charge < -0.3 is 10.6 Å². The van der Waals surface area contributed by atoms with Crippen LogP contribution in [0.4, 0.5) is 0 Å². The molecule has 94 valence electrons. The van der Waals surface area contributed by atoms with Gasteiger partial charge in [0.25, 0.3) is 0 Å². The van der Waals surface area contributed by atoms with E-state index in [1.807, 2.05) is 11.3 Å². The van der Waals surface area contributed by atoms with E-state index in [0.717, 1.165) is 31.0 Å². The van der Waals surface area contributed by atoms with Crippen LogP contribution < -0.4 is 10.6 Å². The fourth-order valence-electron chi connectivity index (χ4n) is 3.46. The van der Waals surface area contributed by atoms with Gasteiger partial charge in [-0.05, 0) is 50.3 Å². The van der Waals surface area contributed by atoms with Crippen molar-refractivity contribution in [3.05, 3.63) is 21.9 Å². The second-order valence-corrected chi connectivity index (χ2v) is 6.89. The summed E-state index contributed by atoms with van der Waals surface area (Å²) in [5.41, 5.74) is 0. The highest BCUT2D eigenvalue weighted by molar-refractivity contribution is 7.11. The minimum Gasteiger partial charge on any atom is -0.312 e. The number of hydrogen-bond acceptors (Lipinski definition) is 3. The number of thiophene rings is 1. The summed E-state index contributed by atoms with van der Waals surface area (Å²) < 4.78 is 0. The second kappa shape index (κ2) is 5.09. The molecule has 2 heterocycles. The molecule has 1 aromatic rings. The van der Waals surface area contributed by atoms with Crippen molar-refractivity contribution in [3.63, 3.8) is 0 Å². The smallest absolute Gasteiger partial charge is 0.0300 e. The van der Waals surface area contributed by atoms with Crippen molar-refractivity contribution in [2.24, 2.45) is 11.8 Å². The highest BCUT2D eigenvalue weighted by Crippen LogP contribution is 2.37. The molecule has 0 radical (unpaired) electrons. The van der Waals surface area contributed by atoms with Crippen LogP contribution in [-0.2, 0) is 6.54 Å². The Morgan fingerprint density at radius 3 is 3.18 bits per heavy atom.